The molecule has 0 bridgehead atoms. The van der Waals surface area contributed by atoms with E-state index in [-0.39, 0.29) is 11.8 Å². The Morgan fingerprint density at radius 1 is 1.19 bits per heavy atom. The maximum atomic E-state index is 12.8. The number of carboxylic acid groups (broad SMARTS) is 1. The van der Waals surface area contributed by atoms with Gasteiger partial charge in [0.25, 0.3) is 0 Å². The summed E-state index contributed by atoms with van der Waals surface area (Å²) in [6, 6.07) is 4.74. The first-order chi connectivity index (χ1) is 9.97. The Morgan fingerprint density at radius 2 is 1.76 bits per heavy atom. The van der Waals surface area contributed by atoms with Crippen molar-refractivity contribution in [1.82, 2.24) is 9.80 Å². The Bertz CT molecular complexity index is 513. The Labute approximate surface area is 122 Å². The third-order valence-corrected chi connectivity index (χ3v) is 3.60. The van der Waals surface area contributed by atoms with Crippen LogP contribution in [0.2, 0.25) is 0 Å². The predicted octanol–water partition coefficient (Wildman–Crippen LogP) is 1.45. The van der Waals surface area contributed by atoms with Gasteiger partial charge in [0.05, 0.1) is 0 Å². The van der Waals surface area contributed by atoms with E-state index < -0.39 is 12.0 Å². The van der Waals surface area contributed by atoms with Gasteiger partial charge in [-0.2, -0.15) is 0 Å². The highest BCUT2D eigenvalue weighted by Gasteiger charge is 2.27. The number of aliphatic carboxylic acids is 1. The van der Waals surface area contributed by atoms with Crippen LogP contribution < -0.4 is 5.32 Å². The molecule has 1 unspecified atom stereocenters. The van der Waals surface area contributed by atoms with E-state index in [9.17, 15) is 14.0 Å². The molecule has 1 fully saturated rings. The Balaban J connectivity index is 1.85. The van der Waals surface area contributed by atoms with Crippen molar-refractivity contribution in [3.05, 3.63) is 30.1 Å². The van der Waals surface area contributed by atoms with Crippen molar-refractivity contribution in [1.29, 1.82) is 0 Å². The number of hydrogen-bond acceptors (Lipinski definition) is 3. The molecular weight excluding hydrogens is 277 g/mol. The van der Waals surface area contributed by atoms with E-state index in [1.165, 1.54) is 24.3 Å². The van der Waals surface area contributed by atoms with Gasteiger partial charge in [-0.05, 0) is 31.2 Å². The van der Waals surface area contributed by atoms with E-state index in [0.717, 1.165) is 0 Å². The number of hydrogen-bond donors (Lipinski definition) is 2. The van der Waals surface area contributed by atoms with Gasteiger partial charge in [-0.3, -0.25) is 9.69 Å². The molecule has 2 rings (SSSR count). The number of carbonyl (C=O) groups excluding carboxylic acids is 1. The molecule has 0 radical (unpaired) electrons. The molecule has 1 atom stereocenters. The zero-order valence-electron chi connectivity index (χ0n) is 11.8. The fraction of sp³-hybridized carbons (Fsp3) is 0.429. The molecule has 1 aromatic rings. The lowest BCUT2D eigenvalue weighted by molar-refractivity contribution is -0.143. The van der Waals surface area contributed by atoms with Gasteiger partial charge in [-0.1, -0.05) is 0 Å². The molecule has 1 heterocycles. The van der Waals surface area contributed by atoms with Gasteiger partial charge in [0, 0.05) is 31.9 Å². The number of rotatable bonds is 3. The van der Waals surface area contributed by atoms with Crippen LogP contribution in [0.4, 0.5) is 14.9 Å². The molecule has 2 amide bonds. The van der Waals surface area contributed by atoms with Crippen LogP contribution >= 0.6 is 0 Å². The van der Waals surface area contributed by atoms with E-state index in [4.69, 9.17) is 5.11 Å². The minimum absolute atomic E-state index is 0.260. The van der Waals surface area contributed by atoms with Gasteiger partial charge in [0.1, 0.15) is 11.9 Å². The van der Waals surface area contributed by atoms with Gasteiger partial charge in [0.15, 0.2) is 0 Å². The largest absolute Gasteiger partial charge is 0.480 e. The second-order valence-electron chi connectivity index (χ2n) is 4.97. The van der Waals surface area contributed by atoms with Crippen molar-refractivity contribution in [2.75, 3.05) is 31.5 Å². The molecule has 0 aromatic heterocycles. The highest BCUT2D eigenvalue weighted by Crippen LogP contribution is 2.11. The van der Waals surface area contributed by atoms with E-state index in [2.05, 4.69) is 5.32 Å². The maximum absolute atomic E-state index is 12.8. The Kier molecular flexibility index (Phi) is 4.74. The highest BCUT2D eigenvalue weighted by molar-refractivity contribution is 5.89. The van der Waals surface area contributed by atoms with Crippen molar-refractivity contribution < 1.29 is 19.1 Å². The molecular formula is C14H18FN3O3. The van der Waals surface area contributed by atoms with Gasteiger partial charge < -0.3 is 15.3 Å². The molecule has 1 aliphatic heterocycles. The number of halogens is 1. The third kappa shape index (κ3) is 3.91. The molecule has 1 aromatic carbocycles. The molecule has 0 aliphatic carbocycles. The molecule has 6 nitrogen and oxygen atoms in total. The first-order valence-electron chi connectivity index (χ1n) is 6.75. The van der Waals surface area contributed by atoms with E-state index in [1.807, 2.05) is 4.90 Å². The normalized spacial score (nSPS) is 17.3. The molecule has 7 heteroatoms. The summed E-state index contributed by atoms with van der Waals surface area (Å²) in [5.41, 5.74) is 0.530. The van der Waals surface area contributed by atoms with Crippen molar-refractivity contribution in [3.63, 3.8) is 0 Å². The fourth-order valence-electron chi connectivity index (χ4n) is 2.20. The summed E-state index contributed by atoms with van der Waals surface area (Å²) in [5, 5.41) is 11.7. The smallest absolute Gasteiger partial charge is 0.321 e. The second-order valence-corrected chi connectivity index (χ2v) is 4.97. The lowest BCUT2D eigenvalue weighted by Crippen LogP contribution is -2.53. The van der Waals surface area contributed by atoms with Crippen molar-refractivity contribution >= 4 is 17.7 Å². The first kappa shape index (κ1) is 15.2. The summed E-state index contributed by atoms with van der Waals surface area (Å²) in [6.07, 6.45) is 0. The predicted molar refractivity (Wildman–Crippen MR) is 75.7 cm³/mol. The lowest BCUT2D eigenvalue weighted by Gasteiger charge is -2.36. The molecule has 0 saturated carbocycles. The highest BCUT2D eigenvalue weighted by atomic mass is 19.1. The quantitative estimate of drug-likeness (QED) is 0.885. The van der Waals surface area contributed by atoms with Gasteiger partial charge in [-0.15, -0.1) is 0 Å². The number of carbonyl (C=O) groups is 2. The number of piperazine rings is 1. The molecule has 114 valence electrons. The summed E-state index contributed by atoms with van der Waals surface area (Å²) in [7, 11) is 0. The van der Waals surface area contributed by atoms with Crippen molar-refractivity contribution in [2.45, 2.75) is 13.0 Å². The van der Waals surface area contributed by atoms with Crippen LogP contribution in [0.3, 0.4) is 0 Å². The third-order valence-electron chi connectivity index (χ3n) is 3.60. The van der Waals surface area contributed by atoms with Crippen LogP contribution in [0.1, 0.15) is 6.92 Å². The SMILES string of the molecule is CC(C(=O)O)N1CCN(C(=O)Nc2ccc(F)cc2)CC1. The topological polar surface area (TPSA) is 72.9 Å². The summed E-state index contributed by atoms with van der Waals surface area (Å²) < 4.78 is 12.8. The minimum Gasteiger partial charge on any atom is -0.480 e. The average Bonchev–Trinajstić information content (AvgIpc) is 2.49. The standard InChI is InChI=1S/C14H18FN3O3/c1-10(13(19)20)17-6-8-18(9-7-17)14(21)16-12-4-2-11(15)3-5-12/h2-5,10H,6-9H2,1H3,(H,16,21)(H,19,20). The molecule has 21 heavy (non-hydrogen) atoms. The van der Waals surface area contributed by atoms with E-state index in [0.29, 0.717) is 31.9 Å². The Morgan fingerprint density at radius 3 is 2.29 bits per heavy atom. The summed E-state index contributed by atoms with van der Waals surface area (Å²) in [6.45, 7) is 3.60. The summed E-state index contributed by atoms with van der Waals surface area (Å²) >= 11 is 0. The van der Waals surface area contributed by atoms with Crippen LogP contribution in [-0.4, -0.2) is 59.1 Å². The van der Waals surface area contributed by atoms with Crippen molar-refractivity contribution in [2.24, 2.45) is 0 Å². The van der Waals surface area contributed by atoms with Crippen LogP contribution in [0, 0.1) is 5.82 Å². The summed E-state index contributed by atoms with van der Waals surface area (Å²) in [4.78, 5) is 26.4. The fourth-order valence-corrected chi connectivity index (χ4v) is 2.20. The number of nitrogens with one attached hydrogen (secondary N) is 1. The van der Waals surface area contributed by atoms with Crippen LogP contribution in [0.25, 0.3) is 0 Å². The maximum Gasteiger partial charge on any atom is 0.321 e. The van der Waals surface area contributed by atoms with Gasteiger partial charge >= 0.3 is 12.0 Å². The van der Waals surface area contributed by atoms with Crippen molar-refractivity contribution in [3.8, 4) is 0 Å². The molecule has 2 N–H and O–H groups in total. The Hall–Kier alpha value is -2.15. The second kappa shape index (κ2) is 6.53. The molecule has 0 spiro atoms. The summed E-state index contributed by atoms with van der Waals surface area (Å²) in [5.74, 6) is -1.22. The minimum atomic E-state index is -0.862. The molecule has 1 saturated heterocycles. The number of benzene rings is 1. The van der Waals surface area contributed by atoms with E-state index >= 15 is 0 Å². The molecule has 1 aliphatic rings. The lowest BCUT2D eigenvalue weighted by atomic mass is 10.2. The zero-order valence-corrected chi connectivity index (χ0v) is 11.8. The van der Waals surface area contributed by atoms with Crippen LogP contribution in [0.5, 0.6) is 0 Å². The van der Waals surface area contributed by atoms with Crippen LogP contribution in [-0.2, 0) is 4.79 Å². The average molecular weight is 295 g/mol. The van der Waals surface area contributed by atoms with Crippen LogP contribution in [0.15, 0.2) is 24.3 Å². The number of carboxylic acids is 1. The van der Waals surface area contributed by atoms with Gasteiger partial charge in [0.2, 0.25) is 0 Å². The number of nitrogens with zero attached hydrogens (tertiary/aromatic N) is 2. The van der Waals surface area contributed by atoms with E-state index in [1.54, 1.807) is 11.8 Å². The zero-order chi connectivity index (χ0) is 15.4. The number of anilines is 1. The number of urea groups is 1. The first-order valence-corrected chi connectivity index (χ1v) is 6.75. The monoisotopic (exact) mass is 295 g/mol. The number of amides is 2. The van der Waals surface area contributed by atoms with Gasteiger partial charge in [-0.25, -0.2) is 9.18 Å².